The van der Waals surface area contributed by atoms with E-state index >= 15 is 0 Å². The van der Waals surface area contributed by atoms with E-state index in [0.29, 0.717) is 11.8 Å². The van der Waals surface area contributed by atoms with Crippen molar-refractivity contribution in [2.75, 3.05) is 29.1 Å². The van der Waals surface area contributed by atoms with E-state index in [4.69, 9.17) is 10.5 Å². The SMILES string of the molecule is Nc1cc2c(cc1N(CC1CC1)C1CC1)NC(=O)CO2. The Labute approximate surface area is 118 Å². The Hall–Kier alpha value is -1.91. The lowest BCUT2D eigenvalue weighted by atomic mass is 10.1. The van der Waals surface area contributed by atoms with Crippen LogP contribution in [0.2, 0.25) is 0 Å². The van der Waals surface area contributed by atoms with Gasteiger partial charge in [0.15, 0.2) is 6.61 Å². The molecule has 0 aromatic heterocycles. The number of carbonyl (C=O) groups excluding carboxylic acids is 1. The summed E-state index contributed by atoms with van der Waals surface area (Å²) in [6.45, 7) is 1.16. The molecular formula is C15H19N3O2. The van der Waals surface area contributed by atoms with Crippen LogP contribution < -0.4 is 20.7 Å². The van der Waals surface area contributed by atoms with E-state index in [1.54, 1.807) is 0 Å². The fourth-order valence-corrected chi connectivity index (χ4v) is 2.79. The van der Waals surface area contributed by atoms with Crippen LogP contribution in [0.25, 0.3) is 0 Å². The van der Waals surface area contributed by atoms with Crippen molar-refractivity contribution in [3.63, 3.8) is 0 Å². The van der Waals surface area contributed by atoms with Crippen molar-refractivity contribution in [1.29, 1.82) is 0 Å². The van der Waals surface area contributed by atoms with Crippen LogP contribution in [0.4, 0.5) is 17.1 Å². The van der Waals surface area contributed by atoms with Crippen molar-refractivity contribution < 1.29 is 9.53 Å². The number of ether oxygens (including phenoxy) is 1. The zero-order valence-electron chi connectivity index (χ0n) is 11.4. The van der Waals surface area contributed by atoms with Crippen LogP contribution in [-0.4, -0.2) is 25.1 Å². The number of hydrogen-bond acceptors (Lipinski definition) is 4. The molecule has 0 atom stereocenters. The van der Waals surface area contributed by atoms with Crippen LogP contribution in [0, 0.1) is 5.92 Å². The fraction of sp³-hybridized carbons (Fsp3) is 0.533. The normalized spacial score (nSPS) is 20.9. The Morgan fingerprint density at radius 2 is 2.10 bits per heavy atom. The van der Waals surface area contributed by atoms with Gasteiger partial charge in [-0.05, 0) is 37.7 Å². The number of nitrogens with one attached hydrogen (secondary N) is 1. The topological polar surface area (TPSA) is 67.6 Å². The summed E-state index contributed by atoms with van der Waals surface area (Å²) in [6, 6.07) is 4.44. The molecule has 0 saturated heterocycles. The highest BCUT2D eigenvalue weighted by molar-refractivity contribution is 5.97. The third kappa shape index (κ3) is 2.17. The second-order valence-corrected chi connectivity index (χ2v) is 6.07. The molecule has 5 nitrogen and oxygen atoms in total. The molecule has 4 rings (SSSR count). The molecule has 0 bridgehead atoms. The number of nitrogen functional groups attached to an aromatic ring is 1. The highest BCUT2D eigenvalue weighted by Gasteiger charge is 2.35. The van der Waals surface area contributed by atoms with Crippen LogP contribution in [0.15, 0.2) is 12.1 Å². The number of amides is 1. The maximum atomic E-state index is 11.4. The molecule has 2 aliphatic carbocycles. The van der Waals surface area contributed by atoms with E-state index in [0.717, 1.165) is 29.5 Å². The maximum Gasteiger partial charge on any atom is 0.262 e. The summed E-state index contributed by atoms with van der Waals surface area (Å²) in [5, 5.41) is 2.86. The molecule has 2 fully saturated rings. The van der Waals surface area contributed by atoms with E-state index in [1.807, 2.05) is 12.1 Å². The molecule has 106 valence electrons. The van der Waals surface area contributed by atoms with Gasteiger partial charge in [0.05, 0.1) is 17.1 Å². The molecule has 3 aliphatic rings. The molecule has 0 unspecified atom stereocenters. The minimum absolute atomic E-state index is 0.0696. The highest BCUT2D eigenvalue weighted by Crippen LogP contribution is 2.43. The second-order valence-electron chi connectivity index (χ2n) is 6.07. The number of fused-ring (bicyclic) bond motifs is 1. The molecule has 0 radical (unpaired) electrons. The smallest absolute Gasteiger partial charge is 0.262 e. The molecular weight excluding hydrogens is 254 g/mol. The fourth-order valence-electron chi connectivity index (χ4n) is 2.79. The monoisotopic (exact) mass is 273 g/mol. The summed E-state index contributed by atoms with van der Waals surface area (Å²) in [6.07, 6.45) is 5.14. The van der Waals surface area contributed by atoms with E-state index in [2.05, 4.69) is 10.2 Å². The average molecular weight is 273 g/mol. The predicted octanol–water partition coefficient (Wildman–Crippen LogP) is 1.98. The largest absolute Gasteiger partial charge is 0.482 e. The van der Waals surface area contributed by atoms with Crippen molar-refractivity contribution >= 4 is 23.0 Å². The number of nitrogens with zero attached hydrogens (tertiary/aromatic N) is 1. The van der Waals surface area contributed by atoms with Gasteiger partial charge in [-0.1, -0.05) is 0 Å². The lowest BCUT2D eigenvalue weighted by Gasteiger charge is -2.28. The molecule has 3 N–H and O–H groups in total. The van der Waals surface area contributed by atoms with Gasteiger partial charge in [0.25, 0.3) is 5.91 Å². The molecule has 5 heteroatoms. The minimum atomic E-state index is -0.103. The first-order chi connectivity index (χ1) is 9.70. The van der Waals surface area contributed by atoms with Crippen molar-refractivity contribution in [2.24, 2.45) is 5.92 Å². The molecule has 1 aliphatic heterocycles. The van der Waals surface area contributed by atoms with E-state index in [1.165, 1.54) is 25.7 Å². The Morgan fingerprint density at radius 1 is 1.30 bits per heavy atom. The van der Waals surface area contributed by atoms with Gasteiger partial charge in [0, 0.05) is 18.7 Å². The van der Waals surface area contributed by atoms with Gasteiger partial charge in [0.2, 0.25) is 0 Å². The summed E-state index contributed by atoms with van der Waals surface area (Å²) in [7, 11) is 0. The molecule has 2 saturated carbocycles. The van der Waals surface area contributed by atoms with Gasteiger partial charge in [-0.2, -0.15) is 0 Å². The van der Waals surface area contributed by atoms with E-state index < -0.39 is 0 Å². The van der Waals surface area contributed by atoms with Gasteiger partial charge < -0.3 is 20.7 Å². The third-order valence-corrected chi connectivity index (χ3v) is 4.21. The standard InChI is InChI=1S/C15H19N3O2/c16-11-5-14-12(17-15(19)8-20-14)6-13(11)18(10-3-4-10)7-9-1-2-9/h5-6,9-10H,1-4,7-8,16H2,(H,17,19). The molecule has 1 aromatic rings. The van der Waals surface area contributed by atoms with Crippen LogP contribution in [0.5, 0.6) is 5.75 Å². The summed E-state index contributed by atoms with van der Waals surface area (Å²) in [4.78, 5) is 13.9. The first-order valence-electron chi connectivity index (χ1n) is 7.33. The Morgan fingerprint density at radius 3 is 2.80 bits per heavy atom. The predicted molar refractivity (Wildman–Crippen MR) is 78.1 cm³/mol. The number of anilines is 3. The van der Waals surface area contributed by atoms with Crippen molar-refractivity contribution in [1.82, 2.24) is 0 Å². The molecule has 0 spiro atoms. The number of nitrogens with two attached hydrogens (primary N) is 1. The van der Waals surface area contributed by atoms with E-state index in [-0.39, 0.29) is 12.5 Å². The second kappa shape index (κ2) is 4.30. The number of carbonyl (C=O) groups is 1. The first kappa shape index (κ1) is 11.9. The zero-order valence-corrected chi connectivity index (χ0v) is 11.4. The quantitative estimate of drug-likeness (QED) is 0.823. The van der Waals surface area contributed by atoms with Crippen LogP contribution in [0.3, 0.4) is 0 Å². The van der Waals surface area contributed by atoms with Crippen LogP contribution >= 0.6 is 0 Å². The minimum Gasteiger partial charge on any atom is -0.482 e. The molecule has 1 heterocycles. The average Bonchev–Trinajstić information content (AvgIpc) is 3.28. The van der Waals surface area contributed by atoms with Gasteiger partial charge in [0.1, 0.15) is 5.75 Å². The van der Waals surface area contributed by atoms with Gasteiger partial charge in [-0.15, -0.1) is 0 Å². The highest BCUT2D eigenvalue weighted by atomic mass is 16.5. The Kier molecular flexibility index (Phi) is 2.55. The number of hydrogen-bond donors (Lipinski definition) is 2. The first-order valence-corrected chi connectivity index (χ1v) is 7.33. The zero-order chi connectivity index (χ0) is 13.7. The molecule has 1 aromatic carbocycles. The van der Waals surface area contributed by atoms with Crippen LogP contribution in [-0.2, 0) is 4.79 Å². The maximum absolute atomic E-state index is 11.4. The summed E-state index contributed by atoms with van der Waals surface area (Å²) < 4.78 is 5.41. The molecule has 20 heavy (non-hydrogen) atoms. The lowest BCUT2D eigenvalue weighted by molar-refractivity contribution is -0.118. The van der Waals surface area contributed by atoms with Gasteiger partial charge in [-0.3, -0.25) is 4.79 Å². The summed E-state index contributed by atoms with van der Waals surface area (Å²) in [5.41, 5.74) is 8.74. The van der Waals surface area contributed by atoms with Crippen molar-refractivity contribution in [3.05, 3.63) is 12.1 Å². The van der Waals surface area contributed by atoms with Crippen LogP contribution in [0.1, 0.15) is 25.7 Å². The summed E-state index contributed by atoms with van der Waals surface area (Å²) >= 11 is 0. The van der Waals surface area contributed by atoms with Crippen molar-refractivity contribution in [3.8, 4) is 5.75 Å². The Bertz CT molecular complexity index is 564. The Balaban J connectivity index is 1.68. The number of rotatable bonds is 4. The molecule has 1 amide bonds. The third-order valence-electron chi connectivity index (χ3n) is 4.21. The van der Waals surface area contributed by atoms with Gasteiger partial charge >= 0.3 is 0 Å². The summed E-state index contributed by atoms with van der Waals surface area (Å²) in [5.74, 6) is 1.39. The van der Waals surface area contributed by atoms with Gasteiger partial charge in [-0.25, -0.2) is 0 Å². The van der Waals surface area contributed by atoms with Crippen molar-refractivity contribution in [2.45, 2.75) is 31.7 Å². The lowest BCUT2D eigenvalue weighted by Crippen LogP contribution is -2.30. The number of benzene rings is 1. The van der Waals surface area contributed by atoms with E-state index in [9.17, 15) is 4.79 Å².